The summed E-state index contributed by atoms with van der Waals surface area (Å²) in [5, 5.41) is 0. The van der Waals surface area contributed by atoms with Crippen LogP contribution in [0.3, 0.4) is 0 Å². The van der Waals surface area contributed by atoms with Crippen LogP contribution in [0.1, 0.15) is 9.75 Å². The van der Waals surface area contributed by atoms with E-state index in [1.54, 1.807) is 17.4 Å². The third kappa shape index (κ3) is 2.22. The molecule has 1 aromatic rings. The quantitative estimate of drug-likeness (QED) is 0.441. The first-order valence-electron chi connectivity index (χ1n) is 3.52. The third-order valence-electron chi connectivity index (χ3n) is 1.40. The van der Waals surface area contributed by atoms with Crippen LogP contribution in [0.15, 0.2) is 31.0 Å². The minimum absolute atomic E-state index is 0.915. The zero-order valence-electron chi connectivity index (χ0n) is 6.91. The lowest BCUT2D eigenvalue weighted by Gasteiger charge is -1.92. The Bertz CT molecular complexity index is 301. The van der Waals surface area contributed by atoms with Crippen molar-refractivity contribution in [2.75, 3.05) is 0 Å². The highest BCUT2D eigenvalue weighted by molar-refractivity contribution is 7.13. The van der Waals surface area contributed by atoms with Crippen LogP contribution in [-0.4, -0.2) is 0 Å². The zero-order chi connectivity index (χ0) is 8.97. The predicted molar refractivity (Wildman–Crippen MR) is 52.5 cm³/mol. The molecule has 12 heavy (non-hydrogen) atoms. The van der Waals surface area contributed by atoms with Gasteiger partial charge in [-0.15, -0.1) is 11.3 Å². The number of hydrogen-bond acceptors (Lipinski definition) is 3. The molecule has 0 aliphatic rings. The second-order valence-electron chi connectivity index (χ2n) is 2.37. The number of rotatable bonds is 3. The fourth-order valence-corrected chi connectivity index (χ4v) is 1.63. The van der Waals surface area contributed by atoms with Crippen LogP contribution in [0.25, 0.3) is 5.57 Å². The van der Waals surface area contributed by atoms with E-state index in [-0.39, 0.29) is 0 Å². The first-order chi connectivity index (χ1) is 5.74. The summed E-state index contributed by atoms with van der Waals surface area (Å²) in [7, 11) is 0. The number of nitrogens with two attached hydrogens (primary N) is 1. The molecule has 0 amide bonds. The van der Waals surface area contributed by atoms with Gasteiger partial charge in [0.2, 0.25) is 0 Å². The van der Waals surface area contributed by atoms with Crippen molar-refractivity contribution in [3.63, 3.8) is 0 Å². The first-order valence-corrected chi connectivity index (χ1v) is 4.33. The Kier molecular flexibility index (Phi) is 3.08. The average molecular weight is 181 g/mol. The Morgan fingerprint density at radius 1 is 1.67 bits per heavy atom. The van der Waals surface area contributed by atoms with Crippen LogP contribution in [-0.2, 0) is 4.84 Å². The molecule has 1 rings (SSSR count). The molecule has 0 atom stereocenters. The molecule has 0 bridgehead atoms. The lowest BCUT2D eigenvalue weighted by Crippen LogP contribution is -1.87. The van der Waals surface area contributed by atoms with Crippen molar-refractivity contribution in [1.82, 2.24) is 0 Å². The van der Waals surface area contributed by atoms with Gasteiger partial charge in [-0.2, -0.15) is 5.90 Å². The van der Waals surface area contributed by atoms with Crippen molar-refractivity contribution in [3.05, 3.63) is 40.8 Å². The van der Waals surface area contributed by atoms with Gasteiger partial charge in [0.15, 0.2) is 0 Å². The van der Waals surface area contributed by atoms with Crippen LogP contribution < -0.4 is 5.90 Å². The highest BCUT2D eigenvalue weighted by Crippen LogP contribution is 2.22. The molecule has 0 aromatic carbocycles. The summed E-state index contributed by atoms with van der Waals surface area (Å²) < 4.78 is 0. The second kappa shape index (κ2) is 4.09. The van der Waals surface area contributed by atoms with Crippen LogP contribution >= 0.6 is 11.3 Å². The summed E-state index contributed by atoms with van der Waals surface area (Å²) in [6, 6.07) is 4.09. The molecule has 0 spiro atoms. The van der Waals surface area contributed by atoms with Crippen molar-refractivity contribution in [2.24, 2.45) is 5.90 Å². The summed E-state index contributed by atoms with van der Waals surface area (Å²) >= 11 is 1.70. The van der Waals surface area contributed by atoms with E-state index in [4.69, 9.17) is 5.90 Å². The van der Waals surface area contributed by atoms with E-state index >= 15 is 0 Å². The van der Waals surface area contributed by atoms with Gasteiger partial charge in [0.05, 0.1) is 0 Å². The topological polar surface area (TPSA) is 35.2 Å². The molecule has 0 saturated carbocycles. The van der Waals surface area contributed by atoms with E-state index in [1.807, 2.05) is 6.07 Å². The number of allylic oxidation sites excluding steroid dienone is 2. The Morgan fingerprint density at radius 3 is 2.92 bits per heavy atom. The predicted octanol–water partition coefficient (Wildman–Crippen LogP) is 2.47. The molecule has 0 fully saturated rings. The van der Waals surface area contributed by atoms with Crippen LogP contribution in [0, 0.1) is 6.92 Å². The van der Waals surface area contributed by atoms with E-state index < -0.39 is 0 Å². The van der Waals surface area contributed by atoms with E-state index in [1.165, 1.54) is 11.1 Å². The van der Waals surface area contributed by atoms with Gasteiger partial charge in [0, 0.05) is 9.75 Å². The van der Waals surface area contributed by atoms with E-state index in [9.17, 15) is 0 Å². The van der Waals surface area contributed by atoms with Crippen molar-refractivity contribution in [3.8, 4) is 0 Å². The molecular formula is C9H11NOS. The Morgan fingerprint density at radius 2 is 2.42 bits per heavy atom. The highest BCUT2D eigenvalue weighted by atomic mass is 32.1. The maximum atomic E-state index is 4.84. The van der Waals surface area contributed by atoms with Crippen molar-refractivity contribution >= 4 is 16.9 Å². The first kappa shape index (κ1) is 9.03. The average Bonchev–Trinajstić information content (AvgIpc) is 2.47. The zero-order valence-corrected chi connectivity index (χ0v) is 7.73. The molecule has 0 aliphatic heterocycles. The molecule has 64 valence electrons. The van der Waals surface area contributed by atoms with Crippen LogP contribution in [0.4, 0.5) is 0 Å². The minimum atomic E-state index is 0.915. The summed E-state index contributed by atoms with van der Waals surface area (Å²) in [4.78, 5) is 6.72. The molecule has 2 nitrogen and oxygen atoms in total. The van der Waals surface area contributed by atoms with Crippen LogP contribution in [0.2, 0.25) is 0 Å². The highest BCUT2D eigenvalue weighted by Gasteiger charge is 1.97. The van der Waals surface area contributed by atoms with Crippen molar-refractivity contribution in [2.45, 2.75) is 6.92 Å². The summed E-state index contributed by atoms with van der Waals surface area (Å²) in [6.45, 7) is 5.92. The van der Waals surface area contributed by atoms with Gasteiger partial charge in [-0.05, 0) is 30.7 Å². The molecule has 0 aliphatic carbocycles. The molecule has 0 radical (unpaired) electrons. The summed E-state index contributed by atoms with van der Waals surface area (Å²) in [5.74, 6) is 4.84. The monoisotopic (exact) mass is 181 g/mol. The maximum Gasteiger partial charge on any atom is 0.111 e. The van der Waals surface area contributed by atoms with Gasteiger partial charge in [0.1, 0.15) is 6.26 Å². The lowest BCUT2D eigenvalue weighted by molar-refractivity contribution is 0.261. The fraction of sp³-hybridized carbons (Fsp3) is 0.111. The number of hydrogen-bond donors (Lipinski definition) is 1. The van der Waals surface area contributed by atoms with Gasteiger partial charge in [0.25, 0.3) is 0 Å². The van der Waals surface area contributed by atoms with Gasteiger partial charge in [-0.3, -0.25) is 0 Å². The standard InChI is InChI=1S/C9H11NOS/c1-7(5-6-11-10)9-4-3-8(2)12-9/h3-6H,1,10H2,2H3/b6-5-. The molecule has 0 saturated heterocycles. The molecule has 2 N–H and O–H groups in total. The fourth-order valence-electron chi connectivity index (χ4n) is 0.811. The number of thiophene rings is 1. The Balaban J connectivity index is 2.72. The molecule has 1 aromatic heterocycles. The number of aryl methyl sites for hydroxylation is 1. The summed E-state index contributed by atoms with van der Waals surface area (Å²) in [5.41, 5.74) is 0.915. The molecule has 0 unspecified atom stereocenters. The smallest absolute Gasteiger partial charge is 0.111 e. The SMILES string of the molecule is C=C(/C=C\ON)c1ccc(C)s1. The van der Waals surface area contributed by atoms with Gasteiger partial charge >= 0.3 is 0 Å². The van der Waals surface area contributed by atoms with Crippen molar-refractivity contribution < 1.29 is 4.84 Å². The van der Waals surface area contributed by atoms with Gasteiger partial charge in [-0.1, -0.05) is 6.58 Å². The van der Waals surface area contributed by atoms with Gasteiger partial charge < -0.3 is 4.84 Å². The second-order valence-corrected chi connectivity index (χ2v) is 3.66. The van der Waals surface area contributed by atoms with Gasteiger partial charge in [-0.25, -0.2) is 0 Å². The van der Waals surface area contributed by atoms with E-state index in [2.05, 4.69) is 24.4 Å². The maximum absolute atomic E-state index is 4.84. The Hall–Kier alpha value is -1.06. The third-order valence-corrected chi connectivity index (χ3v) is 2.48. The summed E-state index contributed by atoms with van der Waals surface area (Å²) in [6.07, 6.45) is 3.16. The van der Waals surface area contributed by atoms with Crippen LogP contribution in [0.5, 0.6) is 0 Å². The minimum Gasteiger partial charge on any atom is -0.419 e. The van der Waals surface area contributed by atoms with E-state index in [0.717, 1.165) is 10.5 Å². The lowest BCUT2D eigenvalue weighted by atomic mass is 10.2. The largest absolute Gasteiger partial charge is 0.419 e. The molecule has 1 heterocycles. The normalized spacial score (nSPS) is 10.5. The van der Waals surface area contributed by atoms with Crippen molar-refractivity contribution in [1.29, 1.82) is 0 Å². The Labute approximate surface area is 75.9 Å². The molecule has 3 heteroatoms. The molecular weight excluding hydrogens is 170 g/mol. The van der Waals surface area contributed by atoms with E-state index in [0.29, 0.717) is 0 Å².